The summed E-state index contributed by atoms with van der Waals surface area (Å²) in [5.74, 6) is -2.68. The number of hydrogen-bond acceptors (Lipinski definition) is 4. The summed E-state index contributed by atoms with van der Waals surface area (Å²) in [6.45, 7) is 3.41. The summed E-state index contributed by atoms with van der Waals surface area (Å²) in [5, 5.41) is 2.66. The molecule has 1 aromatic rings. The molecule has 146 valence electrons. The van der Waals surface area contributed by atoms with Crippen LogP contribution in [0.4, 0.5) is 8.78 Å². The molecule has 0 aliphatic carbocycles. The third kappa shape index (κ3) is 7.04. The molecule has 0 atom stereocenters. The molecule has 2 N–H and O–H groups in total. The van der Waals surface area contributed by atoms with Gasteiger partial charge < -0.3 is 10.2 Å². The number of rotatable bonds is 9. The van der Waals surface area contributed by atoms with E-state index in [0.29, 0.717) is 6.07 Å². The van der Waals surface area contributed by atoms with Crippen LogP contribution in [0.3, 0.4) is 0 Å². The minimum absolute atomic E-state index is 0.0138. The van der Waals surface area contributed by atoms with Crippen molar-refractivity contribution in [1.29, 1.82) is 0 Å². The Morgan fingerprint density at radius 3 is 2.46 bits per heavy atom. The molecule has 0 saturated heterocycles. The first-order chi connectivity index (χ1) is 12.0. The van der Waals surface area contributed by atoms with Crippen LogP contribution in [0.15, 0.2) is 23.1 Å². The lowest BCUT2D eigenvalue weighted by Gasteiger charge is -2.18. The molecule has 0 aromatic heterocycles. The van der Waals surface area contributed by atoms with E-state index in [-0.39, 0.29) is 43.8 Å². The molecular weight excluding hydrogens is 368 g/mol. The highest BCUT2D eigenvalue weighted by Crippen LogP contribution is 2.15. The molecule has 2 amide bonds. The SMILES string of the molecule is CC(C)NC(=O)CN(C)C(=O)CCCNS(=O)(=O)c1ccc(F)cc1F. The van der Waals surface area contributed by atoms with Crippen molar-refractivity contribution in [3.63, 3.8) is 0 Å². The van der Waals surface area contributed by atoms with Gasteiger partial charge in [0.05, 0.1) is 6.54 Å². The van der Waals surface area contributed by atoms with E-state index < -0.39 is 26.6 Å². The van der Waals surface area contributed by atoms with Gasteiger partial charge in [-0.1, -0.05) is 0 Å². The molecular formula is C16H23F2N3O4S. The molecule has 0 spiro atoms. The smallest absolute Gasteiger partial charge is 0.243 e. The van der Waals surface area contributed by atoms with E-state index in [4.69, 9.17) is 0 Å². The van der Waals surface area contributed by atoms with Crippen LogP contribution in [0.5, 0.6) is 0 Å². The first kappa shape index (κ1) is 22.0. The topological polar surface area (TPSA) is 95.6 Å². The van der Waals surface area contributed by atoms with Crippen LogP contribution in [0, 0.1) is 11.6 Å². The predicted molar refractivity (Wildman–Crippen MR) is 91.7 cm³/mol. The summed E-state index contributed by atoms with van der Waals surface area (Å²) in [4.78, 5) is 24.1. The number of sulfonamides is 1. The van der Waals surface area contributed by atoms with Gasteiger partial charge >= 0.3 is 0 Å². The van der Waals surface area contributed by atoms with Gasteiger partial charge in [0.15, 0.2) is 0 Å². The maximum Gasteiger partial charge on any atom is 0.243 e. The first-order valence-corrected chi connectivity index (χ1v) is 9.49. The second-order valence-electron chi connectivity index (χ2n) is 6.05. The van der Waals surface area contributed by atoms with Crippen molar-refractivity contribution in [2.45, 2.75) is 37.6 Å². The van der Waals surface area contributed by atoms with Gasteiger partial charge in [0, 0.05) is 32.1 Å². The quantitative estimate of drug-likeness (QED) is 0.614. The molecule has 26 heavy (non-hydrogen) atoms. The second-order valence-corrected chi connectivity index (χ2v) is 7.78. The Morgan fingerprint density at radius 2 is 1.88 bits per heavy atom. The van der Waals surface area contributed by atoms with E-state index in [0.717, 1.165) is 12.1 Å². The Hall–Kier alpha value is -2.07. The highest BCUT2D eigenvalue weighted by atomic mass is 32.2. The summed E-state index contributed by atoms with van der Waals surface area (Å²) in [7, 11) is -2.67. The average Bonchev–Trinajstić information content (AvgIpc) is 2.49. The van der Waals surface area contributed by atoms with E-state index in [2.05, 4.69) is 10.0 Å². The summed E-state index contributed by atoms with van der Waals surface area (Å²) in [6, 6.07) is 2.12. The molecule has 0 unspecified atom stereocenters. The Morgan fingerprint density at radius 1 is 1.23 bits per heavy atom. The molecule has 0 radical (unpaired) electrons. The Balaban J connectivity index is 2.45. The van der Waals surface area contributed by atoms with Crippen LogP contribution in [0.2, 0.25) is 0 Å². The minimum atomic E-state index is -4.14. The van der Waals surface area contributed by atoms with Crippen LogP contribution < -0.4 is 10.0 Å². The van der Waals surface area contributed by atoms with Gasteiger partial charge in [-0.3, -0.25) is 9.59 Å². The summed E-state index contributed by atoms with van der Waals surface area (Å²) in [5.41, 5.74) is 0. The highest BCUT2D eigenvalue weighted by Gasteiger charge is 2.19. The molecule has 1 rings (SSSR count). The van der Waals surface area contributed by atoms with Crippen LogP contribution in [0.25, 0.3) is 0 Å². The van der Waals surface area contributed by atoms with Crippen molar-refractivity contribution in [1.82, 2.24) is 14.9 Å². The van der Waals surface area contributed by atoms with Crippen molar-refractivity contribution in [3.8, 4) is 0 Å². The lowest BCUT2D eigenvalue weighted by Crippen LogP contribution is -2.41. The average molecular weight is 391 g/mol. The van der Waals surface area contributed by atoms with Gasteiger partial charge in [-0.25, -0.2) is 21.9 Å². The third-order valence-electron chi connectivity index (χ3n) is 3.30. The van der Waals surface area contributed by atoms with Crippen LogP contribution in [0.1, 0.15) is 26.7 Å². The molecule has 0 bridgehead atoms. The highest BCUT2D eigenvalue weighted by molar-refractivity contribution is 7.89. The number of hydrogen-bond donors (Lipinski definition) is 2. The zero-order valence-electron chi connectivity index (χ0n) is 14.9. The monoisotopic (exact) mass is 391 g/mol. The lowest BCUT2D eigenvalue weighted by molar-refractivity contribution is -0.134. The van der Waals surface area contributed by atoms with Crippen molar-refractivity contribution >= 4 is 21.8 Å². The molecule has 0 aliphatic rings. The standard InChI is InChI=1S/C16H23F2N3O4S/c1-11(2)20-15(22)10-21(3)16(23)5-4-8-19-26(24,25)14-7-6-12(17)9-13(14)18/h6-7,9,11,19H,4-5,8,10H2,1-3H3,(H,20,22). The lowest BCUT2D eigenvalue weighted by atomic mass is 10.3. The molecule has 0 heterocycles. The van der Waals surface area contributed by atoms with Crippen molar-refractivity contribution in [2.75, 3.05) is 20.1 Å². The Kier molecular flexibility index (Phi) is 8.09. The second kappa shape index (κ2) is 9.58. The zero-order chi connectivity index (χ0) is 19.9. The van der Waals surface area contributed by atoms with Crippen molar-refractivity contribution < 1.29 is 26.8 Å². The normalized spacial score (nSPS) is 11.5. The van der Waals surface area contributed by atoms with E-state index in [1.165, 1.54) is 11.9 Å². The van der Waals surface area contributed by atoms with E-state index in [9.17, 15) is 26.8 Å². The van der Waals surface area contributed by atoms with E-state index >= 15 is 0 Å². The largest absolute Gasteiger partial charge is 0.352 e. The summed E-state index contributed by atoms with van der Waals surface area (Å²) in [6.07, 6.45) is 0.177. The number of halogens is 2. The van der Waals surface area contributed by atoms with Crippen LogP contribution in [-0.4, -0.2) is 51.3 Å². The molecule has 0 aliphatic heterocycles. The van der Waals surface area contributed by atoms with Gasteiger partial charge in [-0.15, -0.1) is 0 Å². The Labute approximate surface area is 151 Å². The maximum atomic E-state index is 13.5. The number of nitrogens with zero attached hydrogens (tertiary/aromatic N) is 1. The third-order valence-corrected chi connectivity index (χ3v) is 4.79. The van der Waals surface area contributed by atoms with Gasteiger partial charge in [0.1, 0.15) is 16.5 Å². The summed E-state index contributed by atoms with van der Waals surface area (Å²) < 4.78 is 52.5. The molecule has 0 fully saturated rings. The number of likely N-dealkylation sites (N-methyl/N-ethyl adjacent to an activating group) is 1. The number of carbonyl (C=O) groups is 2. The van der Waals surface area contributed by atoms with Gasteiger partial charge in [-0.2, -0.15) is 0 Å². The molecule has 7 nitrogen and oxygen atoms in total. The van der Waals surface area contributed by atoms with Crippen molar-refractivity contribution in [3.05, 3.63) is 29.8 Å². The van der Waals surface area contributed by atoms with Crippen LogP contribution in [-0.2, 0) is 19.6 Å². The predicted octanol–water partition coefficient (Wildman–Crippen LogP) is 1.01. The maximum absolute atomic E-state index is 13.5. The van der Waals surface area contributed by atoms with E-state index in [1.54, 1.807) is 13.8 Å². The fourth-order valence-electron chi connectivity index (χ4n) is 2.08. The van der Waals surface area contributed by atoms with Gasteiger partial charge in [0.2, 0.25) is 21.8 Å². The number of amides is 2. The van der Waals surface area contributed by atoms with Crippen molar-refractivity contribution in [2.24, 2.45) is 0 Å². The fraction of sp³-hybridized carbons (Fsp3) is 0.500. The van der Waals surface area contributed by atoms with Gasteiger partial charge in [-0.05, 0) is 32.4 Å². The zero-order valence-corrected chi connectivity index (χ0v) is 15.7. The molecule has 0 saturated carbocycles. The van der Waals surface area contributed by atoms with Crippen LogP contribution >= 0.6 is 0 Å². The van der Waals surface area contributed by atoms with Gasteiger partial charge in [0.25, 0.3) is 0 Å². The number of carbonyl (C=O) groups excluding carboxylic acids is 2. The minimum Gasteiger partial charge on any atom is -0.352 e. The molecule has 1 aromatic carbocycles. The molecule has 10 heteroatoms. The van der Waals surface area contributed by atoms with E-state index in [1.807, 2.05) is 0 Å². The Bertz CT molecular complexity index is 754. The number of nitrogens with one attached hydrogen (secondary N) is 2. The fourth-order valence-corrected chi connectivity index (χ4v) is 3.21. The number of benzene rings is 1. The first-order valence-electron chi connectivity index (χ1n) is 8.01. The summed E-state index contributed by atoms with van der Waals surface area (Å²) >= 11 is 0.